The Morgan fingerprint density at radius 3 is 2.67 bits per heavy atom. The minimum Gasteiger partial charge on any atom is -0.378 e. The summed E-state index contributed by atoms with van der Waals surface area (Å²) in [4.78, 5) is 43.4. The normalized spacial score (nSPS) is 13.6. The number of nitrogens with one attached hydrogen (secondary N) is 3. The smallest absolute Gasteiger partial charge is 0.246 e. The van der Waals surface area contributed by atoms with E-state index in [0.29, 0.717) is 81.7 Å². The van der Waals surface area contributed by atoms with Gasteiger partial charge in [-0.1, -0.05) is 30.9 Å². The highest BCUT2D eigenvalue weighted by atomic mass is 19.1. The predicted octanol–water partition coefficient (Wildman–Crippen LogP) is 2.79. The number of unbranched alkanes of at least 4 members (excludes halogenated alkanes) is 1. The SMILES string of the molecule is C=C[C@@H](C(=O)NCCCC#Cc1cnc(Nc2cnc(N3CCOCC3)c(F)c2)nc1NCCC)N(C)C(=O)/C=C/CN(C)C. The molecule has 1 aliphatic rings. The first-order chi connectivity index (χ1) is 21.7. The van der Waals surface area contributed by atoms with Gasteiger partial charge in [-0.25, -0.2) is 14.4 Å². The molecule has 12 nitrogen and oxygen atoms in total. The lowest BCUT2D eigenvalue weighted by atomic mass is 10.2. The molecule has 1 atom stereocenters. The summed E-state index contributed by atoms with van der Waals surface area (Å²) in [5, 5.41) is 9.14. The van der Waals surface area contributed by atoms with E-state index in [-0.39, 0.29) is 17.8 Å². The molecule has 0 aromatic carbocycles. The van der Waals surface area contributed by atoms with E-state index in [1.807, 2.05) is 30.8 Å². The molecule has 0 radical (unpaired) electrons. The second-order valence-electron chi connectivity index (χ2n) is 10.6. The fraction of sp³-hybridized carbons (Fsp3) is 0.469. The van der Waals surface area contributed by atoms with Crippen molar-refractivity contribution in [2.45, 2.75) is 32.2 Å². The van der Waals surface area contributed by atoms with Crippen LogP contribution in [0.25, 0.3) is 0 Å². The first kappa shape index (κ1) is 34.9. The van der Waals surface area contributed by atoms with Crippen LogP contribution in [0.3, 0.4) is 0 Å². The van der Waals surface area contributed by atoms with Crippen molar-refractivity contribution in [2.75, 3.05) is 82.6 Å². The molecule has 3 N–H and O–H groups in total. The van der Waals surface area contributed by atoms with E-state index in [1.165, 1.54) is 23.1 Å². The van der Waals surface area contributed by atoms with Crippen LogP contribution in [0, 0.1) is 17.7 Å². The zero-order chi connectivity index (χ0) is 32.6. The Hall–Kier alpha value is -4.54. The number of ether oxygens (including phenoxy) is 1. The zero-order valence-corrected chi connectivity index (χ0v) is 26.6. The number of halogens is 1. The number of hydrogen-bond donors (Lipinski definition) is 3. The third-order valence-corrected chi connectivity index (χ3v) is 6.71. The van der Waals surface area contributed by atoms with E-state index in [0.717, 1.165) is 6.42 Å². The van der Waals surface area contributed by atoms with Gasteiger partial charge in [-0.15, -0.1) is 6.58 Å². The molecule has 13 heteroatoms. The number of carbonyl (C=O) groups excluding carboxylic acids is 2. The molecular weight excluding hydrogens is 577 g/mol. The summed E-state index contributed by atoms with van der Waals surface area (Å²) in [6.07, 6.45) is 9.84. The monoisotopic (exact) mass is 621 g/mol. The maximum atomic E-state index is 14.8. The van der Waals surface area contributed by atoms with Crippen LogP contribution in [-0.2, 0) is 14.3 Å². The van der Waals surface area contributed by atoms with E-state index >= 15 is 0 Å². The Balaban J connectivity index is 1.54. The molecule has 0 aliphatic carbocycles. The molecule has 1 saturated heterocycles. The molecular formula is C32H44FN9O3. The van der Waals surface area contributed by atoms with Crippen molar-refractivity contribution >= 4 is 35.1 Å². The molecule has 242 valence electrons. The number of rotatable bonds is 15. The summed E-state index contributed by atoms with van der Waals surface area (Å²) < 4.78 is 20.1. The lowest BCUT2D eigenvalue weighted by Crippen LogP contribution is -2.46. The first-order valence-corrected chi connectivity index (χ1v) is 15.1. The quantitative estimate of drug-likeness (QED) is 0.118. The lowest BCUT2D eigenvalue weighted by molar-refractivity contribution is -0.133. The Bertz CT molecular complexity index is 1380. The van der Waals surface area contributed by atoms with Gasteiger partial charge in [0.1, 0.15) is 11.9 Å². The Morgan fingerprint density at radius 2 is 1.98 bits per heavy atom. The largest absolute Gasteiger partial charge is 0.378 e. The van der Waals surface area contributed by atoms with Crippen molar-refractivity contribution < 1.29 is 18.7 Å². The molecule has 2 aromatic heterocycles. The van der Waals surface area contributed by atoms with Gasteiger partial charge in [0.05, 0.1) is 36.9 Å². The molecule has 2 aromatic rings. The summed E-state index contributed by atoms with van der Waals surface area (Å²) in [6, 6.07) is 0.600. The third kappa shape index (κ3) is 11.2. The number of morpholine rings is 1. The number of nitrogens with zero attached hydrogens (tertiary/aromatic N) is 6. The van der Waals surface area contributed by atoms with Gasteiger partial charge in [-0.2, -0.15) is 4.98 Å². The van der Waals surface area contributed by atoms with Crippen molar-refractivity contribution in [3.63, 3.8) is 0 Å². The van der Waals surface area contributed by atoms with Crippen LogP contribution in [0.2, 0.25) is 0 Å². The lowest BCUT2D eigenvalue weighted by Gasteiger charge is -2.28. The highest BCUT2D eigenvalue weighted by molar-refractivity contribution is 5.93. The molecule has 45 heavy (non-hydrogen) atoms. The second kappa shape index (κ2) is 18.3. The molecule has 2 amide bonds. The Kier molecular flexibility index (Phi) is 14.2. The topological polar surface area (TPSA) is 128 Å². The maximum Gasteiger partial charge on any atom is 0.246 e. The van der Waals surface area contributed by atoms with Crippen molar-refractivity contribution in [1.82, 2.24) is 30.1 Å². The van der Waals surface area contributed by atoms with Crippen LogP contribution in [-0.4, -0.2) is 110 Å². The molecule has 0 bridgehead atoms. The van der Waals surface area contributed by atoms with Crippen LogP contribution < -0.4 is 20.9 Å². The fourth-order valence-electron chi connectivity index (χ4n) is 4.26. The van der Waals surface area contributed by atoms with Gasteiger partial charge in [0.25, 0.3) is 0 Å². The number of hydrogen-bond acceptors (Lipinski definition) is 10. The molecule has 0 unspecified atom stereocenters. The van der Waals surface area contributed by atoms with Crippen LogP contribution >= 0.6 is 0 Å². The number of likely N-dealkylation sites (N-methyl/N-ethyl adjacent to an activating group) is 2. The molecule has 3 heterocycles. The summed E-state index contributed by atoms with van der Waals surface area (Å²) in [6.45, 7) is 9.73. The van der Waals surface area contributed by atoms with E-state index < -0.39 is 11.9 Å². The van der Waals surface area contributed by atoms with Gasteiger partial charge in [-0.3, -0.25) is 9.59 Å². The highest BCUT2D eigenvalue weighted by Crippen LogP contribution is 2.23. The van der Waals surface area contributed by atoms with Gasteiger partial charge in [-0.05, 0) is 26.9 Å². The van der Waals surface area contributed by atoms with Crippen LogP contribution in [0.5, 0.6) is 0 Å². The van der Waals surface area contributed by atoms with Crippen molar-refractivity contribution in [2.24, 2.45) is 0 Å². The maximum absolute atomic E-state index is 14.8. The average Bonchev–Trinajstić information content (AvgIpc) is 3.03. The summed E-state index contributed by atoms with van der Waals surface area (Å²) in [5.74, 6) is 6.35. The van der Waals surface area contributed by atoms with Crippen LogP contribution in [0.4, 0.5) is 27.7 Å². The van der Waals surface area contributed by atoms with E-state index in [2.05, 4.69) is 49.3 Å². The van der Waals surface area contributed by atoms with Crippen molar-refractivity contribution in [1.29, 1.82) is 0 Å². The number of aromatic nitrogens is 3. The average molecular weight is 622 g/mol. The summed E-state index contributed by atoms with van der Waals surface area (Å²) >= 11 is 0. The van der Waals surface area contributed by atoms with Crippen LogP contribution in [0.15, 0.2) is 43.3 Å². The molecule has 1 aliphatic heterocycles. The minimum absolute atomic E-state index is 0.274. The van der Waals surface area contributed by atoms with E-state index in [4.69, 9.17) is 4.74 Å². The third-order valence-electron chi connectivity index (χ3n) is 6.71. The summed E-state index contributed by atoms with van der Waals surface area (Å²) in [7, 11) is 5.39. The van der Waals surface area contributed by atoms with E-state index in [1.54, 1.807) is 25.5 Å². The highest BCUT2D eigenvalue weighted by Gasteiger charge is 2.22. The van der Waals surface area contributed by atoms with Crippen molar-refractivity contribution in [3.8, 4) is 11.8 Å². The van der Waals surface area contributed by atoms with Crippen molar-refractivity contribution in [3.05, 3.63) is 54.6 Å². The number of anilines is 4. The van der Waals surface area contributed by atoms with Gasteiger partial charge < -0.3 is 35.4 Å². The molecule has 0 saturated carbocycles. The number of amides is 2. The predicted molar refractivity (Wildman–Crippen MR) is 175 cm³/mol. The number of carbonyl (C=O) groups is 2. The first-order valence-electron chi connectivity index (χ1n) is 15.1. The van der Waals surface area contributed by atoms with Gasteiger partial charge in [0.15, 0.2) is 11.6 Å². The standard InChI is InChI=1S/C32H44FN9O3/c1-6-14-34-29-24(12-9-8-10-15-35-31(44)27(7-2)41(5)28(43)13-11-16-40(3)4)22-37-32(39-29)38-25-21-26(33)30(36-23-25)42-17-19-45-20-18-42/h7,11,13,21-23,27H,2,6,8,10,14-20H2,1,3-5H3,(H,35,44)(H2,34,37,38,39)/b13-11+/t27-/m0/s1. The van der Waals surface area contributed by atoms with Crippen LogP contribution in [0.1, 0.15) is 31.7 Å². The summed E-state index contributed by atoms with van der Waals surface area (Å²) in [5.41, 5.74) is 1.06. The molecule has 3 rings (SSSR count). The molecule has 0 spiro atoms. The fourth-order valence-corrected chi connectivity index (χ4v) is 4.26. The minimum atomic E-state index is -0.779. The number of pyridine rings is 1. The Morgan fingerprint density at radius 1 is 1.20 bits per heavy atom. The van der Waals surface area contributed by atoms with Gasteiger partial charge in [0.2, 0.25) is 17.8 Å². The molecule has 1 fully saturated rings. The Labute approximate surface area is 265 Å². The zero-order valence-electron chi connectivity index (χ0n) is 26.6. The van der Waals surface area contributed by atoms with E-state index in [9.17, 15) is 14.0 Å². The second-order valence-corrected chi connectivity index (χ2v) is 10.6. The van der Waals surface area contributed by atoms with Gasteiger partial charge >= 0.3 is 0 Å². The van der Waals surface area contributed by atoms with Gasteiger partial charge in [0, 0.05) is 58.3 Å².